The summed E-state index contributed by atoms with van der Waals surface area (Å²) in [5.41, 5.74) is 0.808. The van der Waals surface area contributed by atoms with Gasteiger partial charge in [0.15, 0.2) is 0 Å². The van der Waals surface area contributed by atoms with Crippen molar-refractivity contribution in [2.75, 3.05) is 24.9 Å². The molecule has 2 aromatic rings. The number of rotatable bonds is 8. The highest BCUT2D eigenvalue weighted by molar-refractivity contribution is 7.89. The van der Waals surface area contributed by atoms with Gasteiger partial charge in [-0.05, 0) is 43.2 Å². The van der Waals surface area contributed by atoms with Gasteiger partial charge < -0.3 is 20.1 Å². The molecule has 0 saturated heterocycles. The number of carbonyl (C=O) groups is 2. The minimum Gasteiger partial charge on any atom is -0.497 e. The molecular formula is C20H23N3O6S. The van der Waals surface area contributed by atoms with Crippen molar-refractivity contribution >= 4 is 33.2 Å². The summed E-state index contributed by atoms with van der Waals surface area (Å²) in [5, 5.41) is 5.32. The smallest absolute Gasteiger partial charge is 0.255 e. The Hall–Kier alpha value is -3.11. The van der Waals surface area contributed by atoms with Crippen molar-refractivity contribution in [3.63, 3.8) is 0 Å². The molecule has 9 nitrogen and oxygen atoms in total. The predicted molar refractivity (Wildman–Crippen MR) is 112 cm³/mol. The Morgan fingerprint density at radius 3 is 2.30 bits per heavy atom. The van der Waals surface area contributed by atoms with Gasteiger partial charge in [-0.15, -0.1) is 0 Å². The molecule has 0 radical (unpaired) electrons. The lowest BCUT2D eigenvalue weighted by molar-refractivity contribution is -0.114. The molecule has 2 aromatic carbocycles. The van der Waals surface area contributed by atoms with Crippen LogP contribution in [0.2, 0.25) is 0 Å². The lowest BCUT2D eigenvalue weighted by atomic mass is 10.2. The zero-order chi connectivity index (χ0) is 21.9. The maximum atomic E-state index is 12.8. The van der Waals surface area contributed by atoms with Gasteiger partial charge in [-0.25, -0.2) is 13.1 Å². The van der Waals surface area contributed by atoms with Crippen LogP contribution in [0.15, 0.2) is 41.3 Å². The normalized spacial score (nSPS) is 13.4. The van der Waals surface area contributed by atoms with Gasteiger partial charge in [0, 0.05) is 24.6 Å². The molecule has 0 spiro atoms. The summed E-state index contributed by atoms with van der Waals surface area (Å²) in [6.07, 6.45) is 1.56. The highest BCUT2D eigenvalue weighted by atomic mass is 32.2. The van der Waals surface area contributed by atoms with Gasteiger partial charge in [-0.2, -0.15) is 0 Å². The molecule has 160 valence electrons. The van der Waals surface area contributed by atoms with Crippen LogP contribution in [0, 0.1) is 0 Å². The Morgan fingerprint density at radius 1 is 0.967 bits per heavy atom. The standard InChI is InChI=1S/C20H23N3O6S/c1-12(24)21-16-8-7-15(28-2)11-17(16)22-20(25)13-4-9-18(29-3)19(10-13)30(26,27)23-14-5-6-14/h4,7-11,14,23H,5-6H2,1-3H3,(H,21,24)(H,22,25). The Labute approximate surface area is 174 Å². The fourth-order valence-corrected chi connectivity index (χ4v) is 4.26. The van der Waals surface area contributed by atoms with Crippen LogP contribution < -0.4 is 24.8 Å². The minimum absolute atomic E-state index is 0.0887. The summed E-state index contributed by atoms with van der Waals surface area (Å²) in [4.78, 5) is 24.2. The van der Waals surface area contributed by atoms with Crippen molar-refractivity contribution in [1.82, 2.24) is 4.72 Å². The number of hydrogen-bond donors (Lipinski definition) is 3. The molecule has 1 fully saturated rings. The first kappa shape index (κ1) is 21.6. The number of carbonyl (C=O) groups excluding carboxylic acids is 2. The molecule has 0 aliphatic heterocycles. The third-order valence-corrected chi connectivity index (χ3v) is 5.94. The molecule has 10 heteroatoms. The molecule has 0 heterocycles. The first-order valence-electron chi connectivity index (χ1n) is 9.21. The highest BCUT2D eigenvalue weighted by Gasteiger charge is 2.30. The van der Waals surface area contributed by atoms with Crippen molar-refractivity contribution < 1.29 is 27.5 Å². The zero-order valence-electron chi connectivity index (χ0n) is 16.8. The maximum absolute atomic E-state index is 12.8. The summed E-state index contributed by atoms with van der Waals surface area (Å²) in [6, 6.07) is 8.85. The maximum Gasteiger partial charge on any atom is 0.255 e. The Balaban J connectivity index is 1.92. The van der Waals surface area contributed by atoms with Crippen LogP contribution in [0.25, 0.3) is 0 Å². The number of ether oxygens (including phenoxy) is 2. The number of nitrogens with one attached hydrogen (secondary N) is 3. The van der Waals surface area contributed by atoms with Gasteiger partial charge in [0.1, 0.15) is 16.4 Å². The van der Waals surface area contributed by atoms with Crippen LogP contribution in [0.5, 0.6) is 11.5 Å². The molecule has 1 saturated carbocycles. The van der Waals surface area contributed by atoms with Gasteiger partial charge >= 0.3 is 0 Å². The monoisotopic (exact) mass is 433 g/mol. The van der Waals surface area contributed by atoms with Crippen LogP contribution >= 0.6 is 0 Å². The molecule has 0 unspecified atom stereocenters. The van der Waals surface area contributed by atoms with Crippen molar-refractivity contribution in [3.8, 4) is 11.5 Å². The van der Waals surface area contributed by atoms with E-state index < -0.39 is 15.9 Å². The van der Waals surface area contributed by atoms with Gasteiger partial charge in [0.25, 0.3) is 5.91 Å². The Kier molecular flexibility index (Phi) is 6.28. The summed E-state index contributed by atoms with van der Waals surface area (Å²) < 4.78 is 38.3. The predicted octanol–water partition coefficient (Wildman–Crippen LogP) is 2.36. The van der Waals surface area contributed by atoms with Crippen molar-refractivity contribution in [3.05, 3.63) is 42.0 Å². The molecule has 0 atom stereocenters. The number of anilines is 2. The van der Waals surface area contributed by atoms with E-state index in [9.17, 15) is 18.0 Å². The number of sulfonamides is 1. The van der Waals surface area contributed by atoms with Crippen LogP contribution in [-0.2, 0) is 14.8 Å². The summed E-state index contributed by atoms with van der Waals surface area (Å²) in [7, 11) is -0.994. The third kappa shape index (κ3) is 5.08. The first-order valence-corrected chi connectivity index (χ1v) is 10.7. The minimum atomic E-state index is -3.84. The van der Waals surface area contributed by atoms with E-state index in [1.54, 1.807) is 18.2 Å². The van der Waals surface area contributed by atoms with E-state index in [1.165, 1.54) is 39.3 Å². The number of benzene rings is 2. The lowest BCUT2D eigenvalue weighted by Crippen LogP contribution is -2.26. The molecule has 3 N–H and O–H groups in total. The molecule has 1 aliphatic rings. The van der Waals surface area contributed by atoms with E-state index in [1.807, 2.05) is 0 Å². The summed E-state index contributed by atoms with van der Waals surface area (Å²) in [5.74, 6) is -0.244. The van der Waals surface area contributed by atoms with Crippen LogP contribution in [0.3, 0.4) is 0 Å². The van der Waals surface area contributed by atoms with E-state index in [4.69, 9.17) is 9.47 Å². The molecule has 2 amide bonds. The first-order chi connectivity index (χ1) is 14.2. The topological polar surface area (TPSA) is 123 Å². The van der Waals surface area contributed by atoms with E-state index in [0.717, 1.165) is 12.8 Å². The van der Waals surface area contributed by atoms with Gasteiger partial charge in [0.05, 0.1) is 25.6 Å². The quantitative estimate of drug-likeness (QED) is 0.587. The average molecular weight is 433 g/mol. The number of amides is 2. The van der Waals surface area contributed by atoms with Gasteiger partial charge in [0.2, 0.25) is 15.9 Å². The molecule has 3 rings (SSSR count). The summed E-state index contributed by atoms with van der Waals surface area (Å²) >= 11 is 0. The average Bonchev–Trinajstić information content (AvgIpc) is 3.51. The number of methoxy groups -OCH3 is 2. The SMILES string of the molecule is COc1ccc(NC(C)=O)c(NC(=O)c2ccc(OC)c(S(=O)(=O)NC3CC3)c2)c1. The molecule has 1 aliphatic carbocycles. The fraction of sp³-hybridized carbons (Fsp3) is 0.300. The van der Waals surface area contributed by atoms with E-state index in [0.29, 0.717) is 17.1 Å². The highest BCUT2D eigenvalue weighted by Crippen LogP contribution is 2.30. The van der Waals surface area contributed by atoms with Crippen molar-refractivity contribution in [2.24, 2.45) is 0 Å². The van der Waals surface area contributed by atoms with Crippen LogP contribution in [-0.4, -0.2) is 40.5 Å². The van der Waals surface area contributed by atoms with E-state index >= 15 is 0 Å². The molecule has 30 heavy (non-hydrogen) atoms. The second kappa shape index (κ2) is 8.72. The molecule has 0 bridgehead atoms. The van der Waals surface area contributed by atoms with Crippen LogP contribution in [0.1, 0.15) is 30.1 Å². The summed E-state index contributed by atoms with van der Waals surface area (Å²) in [6.45, 7) is 1.35. The van der Waals surface area contributed by atoms with Gasteiger partial charge in [-0.3, -0.25) is 9.59 Å². The zero-order valence-corrected chi connectivity index (χ0v) is 17.6. The van der Waals surface area contributed by atoms with E-state index in [2.05, 4.69) is 15.4 Å². The second-order valence-corrected chi connectivity index (χ2v) is 8.49. The molecule has 0 aromatic heterocycles. The fourth-order valence-electron chi connectivity index (χ4n) is 2.76. The third-order valence-electron chi connectivity index (χ3n) is 4.40. The van der Waals surface area contributed by atoms with Crippen molar-refractivity contribution in [2.45, 2.75) is 30.7 Å². The molecular weight excluding hydrogens is 410 g/mol. The van der Waals surface area contributed by atoms with Crippen molar-refractivity contribution in [1.29, 1.82) is 0 Å². The van der Waals surface area contributed by atoms with E-state index in [-0.39, 0.29) is 28.2 Å². The lowest BCUT2D eigenvalue weighted by Gasteiger charge is -2.15. The Bertz CT molecular complexity index is 1080. The second-order valence-electron chi connectivity index (χ2n) is 6.81. The number of hydrogen-bond acceptors (Lipinski definition) is 6. The van der Waals surface area contributed by atoms with Crippen LogP contribution in [0.4, 0.5) is 11.4 Å². The largest absolute Gasteiger partial charge is 0.497 e. The van der Waals surface area contributed by atoms with Gasteiger partial charge in [-0.1, -0.05) is 0 Å². The Morgan fingerprint density at radius 2 is 1.70 bits per heavy atom.